The van der Waals surface area contributed by atoms with Crippen LogP contribution in [-0.2, 0) is 6.42 Å². The van der Waals surface area contributed by atoms with E-state index in [-0.39, 0.29) is 0 Å². The summed E-state index contributed by atoms with van der Waals surface area (Å²) in [7, 11) is 0. The van der Waals surface area contributed by atoms with Crippen LogP contribution in [0.15, 0.2) is 18.2 Å². The highest BCUT2D eigenvalue weighted by molar-refractivity contribution is 5.77. The lowest BCUT2D eigenvalue weighted by Gasteiger charge is -2.26. The van der Waals surface area contributed by atoms with Gasteiger partial charge in [-0.3, -0.25) is 4.79 Å². The molecule has 1 aliphatic carbocycles. The van der Waals surface area contributed by atoms with Gasteiger partial charge in [0.1, 0.15) is 6.29 Å². The van der Waals surface area contributed by atoms with E-state index in [0.717, 1.165) is 30.9 Å². The molecule has 2 heteroatoms. The molecular weight excluding hydrogens is 198 g/mol. The first kappa shape index (κ1) is 9.88. The van der Waals surface area contributed by atoms with E-state index in [0.29, 0.717) is 0 Å². The second kappa shape index (κ2) is 3.93. The Kier molecular flexibility index (Phi) is 2.43. The SMILES string of the molecule is O=Cc1ccc2c(c1)CCN2C1CCCC1. The molecule has 0 bridgehead atoms. The van der Waals surface area contributed by atoms with Crippen LogP contribution in [0.4, 0.5) is 5.69 Å². The van der Waals surface area contributed by atoms with Crippen molar-refractivity contribution in [2.75, 3.05) is 11.4 Å². The van der Waals surface area contributed by atoms with Crippen LogP contribution < -0.4 is 4.90 Å². The number of rotatable bonds is 2. The van der Waals surface area contributed by atoms with E-state index < -0.39 is 0 Å². The lowest BCUT2D eigenvalue weighted by molar-refractivity contribution is 0.112. The molecule has 0 amide bonds. The maximum absolute atomic E-state index is 10.7. The molecule has 1 heterocycles. The number of hydrogen-bond acceptors (Lipinski definition) is 2. The van der Waals surface area contributed by atoms with Gasteiger partial charge >= 0.3 is 0 Å². The topological polar surface area (TPSA) is 20.3 Å². The highest BCUT2D eigenvalue weighted by atomic mass is 16.1. The van der Waals surface area contributed by atoms with Crippen LogP contribution in [0.1, 0.15) is 41.6 Å². The first-order valence-corrected chi connectivity index (χ1v) is 6.23. The molecule has 16 heavy (non-hydrogen) atoms. The molecule has 84 valence electrons. The Morgan fingerprint density at radius 2 is 2.06 bits per heavy atom. The van der Waals surface area contributed by atoms with E-state index in [1.54, 1.807) is 0 Å². The zero-order chi connectivity index (χ0) is 11.0. The fourth-order valence-electron chi connectivity index (χ4n) is 3.12. The van der Waals surface area contributed by atoms with Crippen LogP contribution in [0, 0.1) is 0 Å². The highest BCUT2D eigenvalue weighted by Crippen LogP contribution is 2.35. The predicted molar refractivity (Wildman–Crippen MR) is 65.1 cm³/mol. The third-order valence-corrected chi connectivity index (χ3v) is 3.94. The third-order valence-electron chi connectivity index (χ3n) is 3.94. The van der Waals surface area contributed by atoms with E-state index in [2.05, 4.69) is 17.0 Å². The number of hydrogen-bond donors (Lipinski definition) is 0. The fourth-order valence-corrected chi connectivity index (χ4v) is 3.12. The summed E-state index contributed by atoms with van der Waals surface area (Å²) in [6.45, 7) is 1.14. The zero-order valence-corrected chi connectivity index (χ0v) is 9.48. The van der Waals surface area contributed by atoms with Crippen molar-refractivity contribution in [2.45, 2.75) is 38.1 Å². The van der Waals surface area contributed by atoms with Gasteiger partial charge in [0.15, 0.2) is 0 Å². The molecule has 2 aliphatic rings. The molecule has 1 aromatic carbocycles. The molecule has 1 aromatic rings. The zero-order valence-electron chi connectivity index (χ0n) is 9.48. The Balaban J connectivity index is 1.90. The number of fused-ring (bicyclic) bond motifs is 1. The average Bonchev–Trinajstić information content (AvgIpc) is 2.96. The van der Waals surface area contributed by atoms with Crippen molar-refractivity contribution in [1.29, 1.82) is 0 Å². The first-order valence-electron chi connectivity index (χ1n) is 6.23. The van der Waals surface area contributed by atoms with Crippen molar-refractivity contribution >= 4 is 12.0 Å². The Bertz CT molecular complexity index is 407. The summed E-state index contributed by atoms with van der Waals surface area (Å²) in [6.07, 6.45) is 7.49. The molecule has 0 unspecified atom stereocenters. The Morgan fingerprint density at radius 1 is 1.25 bits per heavy atom. The molecule has 0 radical (unpaired) electrons. The largest absolute Gasteiger partial charge is 0.368 e. The Hall–Kier alpha value is -1.31. The van der Waals surface area contributed by atoms with Crippen LogP contribution in [0.3, 0.4) is 0 Å². The number of benzene rings is 1. The van der Waals surface area contributed by atoms with E-state index in [4.69, 9.17) is 0 Å². The molecule has 0 aromatic heterocycles. The van der Waals surface area contributed by atoms with Gasteiger partial charge in [-0.05, 0) is 43.0 Å². The number of nitrogens with zero attached hydrogens (tertiary/aromatic N) is 1. The lowest BCUT2D eigenvalue weighted by atomic mass is 10.1. The minimum atomic E-state index is 0.753. The van der Waals surface area contributed by atoms with E-state index in [1.165, 1.54) is 36.9 Å². The van der Waals surface area contributed by atoms with Gasteiger partial charge in [0.05, 0.1) is 0 Å². The molecule has 2 nitrogen and oxygen atoms in total. The van der Waals surface area contributed by atoms with Crippen LogP contribution in [-0.4, -0.2) is 18.9 Å². The quantitative estimate of drug-likeness (QED) is 0.707. The molecule has 3 rings (SSSR count). The average molecular weight is 215 g/mol. The van der Waals surface area contributed by atoms with Crippen molar-refractivity contribution in [3.63, 3.8) is 0 Å². The van der Waals surface area contributed by atoms with Crippen LogP contribution in [0.2, 0.25) is 0 Å². The van der Waals surface area contributed by atoms with Crippen molar-refractivity contribution in [1.82, 2.24) is 0 Å². The monoisotopic (exact) mass is 215 g/mol. The second-order valence-corrected chi connectivity index (χ2v) is 4.89. The van der Waals surface area contributed by atoms with Crippen LogP contribution in [0.25, 0.3) is 0 Å². The van der Waals surface area contributed by atoms with Gasteiger partial charge in [-0.1, -0.05) is 12.8 Å². The number of aldehydes is 1. The highest BCUT2D eigenvalue weighted by Gasteiger charge is 2.28. The standard InChI is InChI=1S/C14H17NO/c16-10-11-5-6-14-12(9-11)7-8-15(14)13-3-1-2-4-13/h5-6,9-10,13H,1-4,7-8H2. The summed E-state index contributed by atoms with van der Waals surface area (Å²) in [5.41, 5.74) is 3.54. The van der Waals surface area contributed by atoms with E-state index in [1.807, 2.05) is 6.07 Å². The van der Waals surface area contributed by atoms with Crippen molar-refractivity contribution in [3.05, 3.63) is 29.3 Å². The maximum atomic E-state index is 10.7. The summed E-state index contributed by atoms with van der Waals surface area (Å²) in [5.74, 6) is 0. The molecule has 1 saturated carbocycles. The third kappa shape index (κ3) is 1.53. The first-order chi connectivity index (χ1) is 7.88. The van der Waals surface area contributed by atoms with Gasteiger partial charge < -0.3 is 4.90 Å². The van der Waals surface area contributed by atoms with Gasteiger partial charge in [0.25, 0.3) is 0 Å². The number of carbonyl (C=O) groups excluding carboxylic acids is 1. The minimum absolute atomic E-state index is 0.753. The van der Waals surface area contributed by atoms with Crippen molar-refractivity contribution < 1.29 is 4.79 Å². The fraction of sp³-hybridized carbons (Fsp3) is 0.500. The summed E-state index contributed by atoms with van der Waals surface area (Å²) >= 11 is 0. The van der Waals surface area contributed by atoms with Crippen LogP contribution in [0.5, 0.6) is 0 Å². The van der Waals surface area contributed by atoms with E-state index >= 15 is 0 Å². The molecule has 0 N–H and O–H groups in total. The minimum Gasteiger partial charge on any atom is -0.368 e. The normalized spacial score (nSPS) is 20.1. The summed E-state index contributed by atoms with van der Waals surface area (Å²) in [4.78, 5) is 13.3. The second-order valence-electron chi connectivity index (χ2n) is 4.89. The molecule has 0 spiro atoms. The van der Waals surface area contributed by atoms with E-state index in [9.17, 15) is 4.79 Å². The predicted octanol–water partition coefficient (Wildman–Crippen LogP) is 2.80. The van der Waals surface area contributed by atoms with Crippen molar-refractivity contribution in [2.24, 2.45) is 0 Å². The number of anilines is 1. The smallest absolute Gasteiger partial charge is 0.150 e. The van der Waals surface area contributed by atoms with Gasteiger partial charge in [-0.2, -0.15) is 0 Å². The Morgan fingerprint density at radius 3 is 2.81 bits per heavy atom. The van der Waals surface area contributed by atoms with Gasteiger partial charge in [0.2, 0.25) is 0 Å². The van der Waals surface area contributed by atoms with Gasteiger partial charge in [0, 0.05) is 23.8 Å². The lowest BCUT2D eigenvalue weighted by Crippen LogP contribution is -2.31. The van der Waals surface area contributed by atoms with Crippen molar-refractivity contribution in [3.8, 4) is 0 Å². The summed E-state index contributed by atoms with van der Waals surface area (Å²) in [6, 6.07) is 6.88. The van der Waals surface area contributed by atoms with Gasteiger partial charge in [-0.15, -0.1) is 0 Å². The molecule has 0 saturated heterocycles. The number of carbonyl (C=O) groups is 1. The maximum Gasteiger partial charge on any atom is 0.150 e. The molecule has 1 fully saturated rings. The molecular formula is C14H17NO. The molecule has 1 aliphatic heterocycles. The summed E-state index contributed by atoms with van der Waals surface area (Å²) < 4.78 is 0. The molecule has 0 atom stereocenters. The summed E-state index contributed by atoms with van der Waals surface area (Å²) in [5, 5.41) is 0. The van der Waals surface area contributed by atoms with Gasteiger partial charge in [-0.25, -0.2) is 0 Å². The Labute approximate surface area is 96.3 Å². The van der Waals surface area contributed by atoms with Crippen LogP contribution >= 0.6 is 0 Å².